The van der Waals surface area contributed by atoms with E-state index in [2.05, 4.69) is 33.4 Å². The molecule has 7 nitrogen and oxygen atoms in total. The van der Waals surface area contributed by atoms with Gasteiger partial charge in [0.2, 0.25) is 0 Å². The molecule has 4 rings (SSSR count). The van der Waals surface area contributed by atoms with Gasteiger partial charge in [-0.1, -0.05) is 24.8 Å². The molecule has 0 amide bonds. The third kappa shape index (κ3) is 6.72. The van der Waals surface area contributed by atoms with E-state index in [0.717, 1.165) is 30.0 Å². The number of likely N-dealkylation sites (N-methyl/N-ethyl adjacent to an activating group) is 2. The number of halogens is 1. The van der Waals surface area contributed by atoms with Crippen LogP contribution >= 0.6 is 0 Å². The van der Waals surface area contributed by atoms with Crippen molar-refractivity contribution < 1.29 is 18.7 Å². The first-order chi connectivity index (χ1) is 19.5. The highest BCUT2D eigenvalue weighted by Gasteiger charge is 2.21. The molecular formula is C33H37FN4O3. The standard InChI is InChI=1S/C33H37FN4O3/c1-8-27(39)16-23-15-24(18-29(34)21(23)4)30-28-17-25(33(40)41-20(2)3)19-35-32(28)36-31(30)22-9-11-26(12-10-22)38(7)14-13-37(5)6/h8-12,15,17-20H,1,13-14,16H2,2-7H3,(H,35,36). The van der Waals surface area contributed by atoms with E-state index in [1.807, 2.05) is 44.4 Å². The van der Waals surface area contributed by atoms with Gasteiger partial charge in [0.05, 0.1) is 17.4 Å². The quantitative estimate of drug-likeness (QED) is 0.175. The maximum atomic E-state index is 15.3. The van der Waals surface area contributed by atoms with Gasteiger partial charge >= 0.3 is 5.97 Å². The molecule has 0 atom stereocenters. The van der Waals surface area contributed by atoms with Crippen molar-refractivity contribution in [3.63, 3.8) is 0 Å². The van der Waals surface area contributed by atoms with E-state index >= 15 is 4.39 Å². The van der Waals surface area contributed by atoms with Gasteiger partial charge in [0.15, 0.2) is 5.78 Å². The van der Waals surface area contributed by atoms with Crippen LogP contribution in [0.25, 0.3) is 33.4 Å². The first-order valence-electron chi connectivity index (χ1n) is 13.6. The van der Waals surface area contributed by atoms with Crippen molar-refractivity contribution in [3.05, 3.63) is 83.8 Å². The monoisotopic (exact) mass is 556 g/mol. The molecule has 0 aliphatic heterocycles. The van der Waals surface area contributed by atoms with Crippen LogP contribution in [0.4, 0.5) is 10.1 Å². The second-order valence-electron chi connectivity index (χ2n) is 10.8. The van der Waals surface area contributed by atoms with Crippen LogP contribution in [0.5, 0.6) is 0 Å². The van der Waals surface area contributed by atoms with Gasteiger partial charge < -0.3 is 19.5 Å². The van der Waals surface area contributed by atoms with E-state index in [0.29, 0.717) is 38.9 Å². The zero-order chi connectivity index (χ0) is 29.8. The fourth-order valence-corrected chi connectivity index (χ4v) is 4.67. The average Bonchev–Trinajstić information content (AvgIpc) is 3.32. The summed E-state index contributed by atoms with van der Waals surface area (Å²) in [7, 11) is 6.14. The van der Waals surface area contributed by atoms with Crippen molar-refractivity contribution in [1.82, 2.24) is 14.9 Å². The second-order valence-corrected chi connectivity index (χ2v) is 10.8. The van der Waals surface area contributed by atoms with E-state index in [4.69, 9.17) is 4.74 Å². The molecule has 41 heavy (non-hydrogen) atoms. The summed E-state index contributed by atoms with van der Waals surface area (Å²) in [5.41, 5.74) is 5.76. The summed E-state index contributed by atoms with van der Waals surface area (Å²) in [5.74, 6) is -1.10. The van der Waals surface area contributed by atoms with Crippen LogP contribution in [-0.2, 0) is 16.0 Å². The Labute approximate surface area is 240 Å². The molecule has 0 unspecified atom stereocenters. The zero-order valence-electron chi connectivity index (χ0n) is 24.5. The highest BCUT2D eigenvalue weighted by Crippen LogP contribution is 2.40. The largest absolute Gasteiger partial charge is 0.459 e. The van der Waals surface area contributed by atoms with Crippen LogP contribution in [0.2, 0.25) is 0 Å². The number of ketones is 1. The highest BCUT2D eigenvalue weighted by molar-refractivity contribution is 6.05. The number of aromatic nitrogens is 2. The number of rotatable bonds is 11. The number of esters is 1. The highest BCUT2D eigenvalue weighted by atomic mass is 19.1. The maximum Gasteiger partial charge on any atom is 0.339 e. The third-order valence-electron chi connectivity index (χ3n) is 7.04. The number of pyridine rings is 1. The topological polar surface area (TPSA) is 78.5 Å². The molecule has 0 aliphatic rings. The number of H-pyrrole nitrogens is 1. The van der Waals surface area contributed by atoms with Gasteiger partial charge in [-0.2, -0.15) is 0 Å². The van der Waals surface area contributed by atoms with E-state index in [1.54, 1.807) is 26.8 Å². The second kappa shape index (κ2) is 12.5. The van der Waals surface area contributed by atoms with Crippen molar-refractivity contribution in [1.29, 1.82) is 0 Å². The Morgan fingerprint density at radius 1 is 1.07 bits per heavy atom. The molecule has 0 spiro atoms. The molecule has 2 aromatic carbocycles. The first-order valence-corrected chi connectivity index (χ1v) is 13.6. The Balaban J connectivity index is 1.89. The van der Waals surface area contributed by atoms with Gasteiger partial charge in [-0.15, -0.1) is 0 Å². The van der Waals surface area contributed by atoms with Gasteiger partial charge in [-0.05, 0) is 87.5 Å². The third-order valence-corrected chi connectivity index (χ3v) is 7.04. The van der Waals surface area contributed by atoms with E-state index < -0.39 is 11.8 Å². The van der Waals surface area contributed by atoms with Gasteiger partial charge in [-0.25, -0.2) is 14.2 Å². The number of aromatic amines is 1. The summed E-state index contributed by atoms with van der Waals surface area (Å²) in [5, 5.41) is 0.648. The number of nitrogens with one attached hydrogen (secondary N) is 1. The molecule has 1 N–H and O–H groups in total. The maximum absolute atomic E-state index is 15.3. The lowest BCUT2D eigenvalue weighted by molar-refractivity contribution is -0.114. The summed E-state index contributed by atoms with van der Waals surface area (Å²) in [6.07, 6.45) is 2.47. The number of hydrogen-bond donors (Lipinski definition) is 1. The molecule has 0 aliphatic carbocycles. The summed E-state index contributed by atoms with van der Waals surface area (Å²) < 4.78 is 20.7. The van der Waals surface area contributed by atoms with E-state index in [9.17, 15) is 9.59 Å². The van der Waals surface area contributed by atoms with E-state index in [1.165, 1.54) is 18.3 Å². The Morgan fingerprint density at radius 3 is 2.41 bits per heavy atom. The fourth-order valence-electron chi connectivity index (χ4n) is 4.67. The van der Waals surface area contributed by atoms with Crippen LogP contribution in [0, 0.1) is 12.7 Å². The predicted molar refractivity (Wildman–Crippen MR) is 163 cm³/mol. The number of allylic oxidation sites excluding steroid dienone is 1. The van der Waals surface area contributed by atoms with Crippen LogP contribution < -0.4 is 4.90 Å². The van der Waals surface area contributed by atoms with Crippen molar-refractivity contribution in [2.24, 2.45) is 0 Å². The minimum Gasteiger partial charge on any atom is -0.459 e. The molecule has 0 fully saturated rings. The summed E-state index contributed by atoms with van der Waals surface area (Å²) >= 11 is 0. The normalized spacial score (nSPS) is 11.3. The smallest absolute Gasteiger partial charge is 0.339 e. The molecule has 0 bridgehead atoms. The minimum atomic E-state index is -0.486. The first kappa shape index (κ1) is 29.7. The Morgan fingerprint density at radius 2 is 1.78 bits per heavy atom. The Bertz CT molecular complexity index is 1590. The molecule has 214 valence electrons. The number of ether oxygens (including phenoxy) is 1. The van der Waals surface area contributed by atoms with Crippen LogP contribution in [0.1, 0.15) is 35.3 Å². The molecule has 0 radical (unpaired) electrons. The number of hydrogen-bond acceptors (Lipinski definition) is 6. The van der Waals surface area contributed by atoms with Gasteiger partial charge in [0, 0.05) is 49.4 Å². The fraction of sp³-hybridized carbons (Fsp3) is 0.303. The molecule has 0 saturated carbocycles. The number of anilines is 1. The van der Waals surface area contributed by atoms with Crippen molar-refractivity contribution >= 4 is 28.5 Å². The molecule has 2 aromatic heterocycles. The van der Waals surface area contributed by atoms with Gasteiger partial charge in [0.25, 0.3) is 0 Å². The lowest BCUT2D eigenvalue weighted by atomic mass is 9.93. The number of carbonyl (C=O) groups excluding carboxylic acids is 2. The molecular weight excluding hydrogens is 519 g/mol. The average molecular weight is 557 g/mol. The van der Waals surface area contributed by atoms with Crippen LogP contribution in [0.15, 0.2) is 61.3 Å². The Hall–Kier alpha value is -4.30. The molecule has 2 heterocycles. The van der Waals surface area contributed by atoms with Crippen LogP contribution in [-0.4, -0.2) is 67.0 Å². The van der Waals surface area contributed by atoms with Crippen LogP contribution in [0.3, 0.4) is 0 Å². The number of fused-ring (bicyclic) bond motifs is 1. The zero-order valence-corrected chi connectivity index (χ0v) is 24.5. The Kier molecular flexibility index (Phi) is 9.03. The van der Waals surface area contributed by atoms with E-state index in [-0.39, 0.29) is 18.3 Å². The van der Waals surface area contributed by atoms with Crippen molar-refractivity contribution in [3.8, 4) is 22.4 Å². The molecule has 0 saturated heterocycles. The minimum absolute atomic E-state index is 0.0377. The SMILES string of the molecule is C=CC(=O)Cc1cc(-c2c(-c3ccc(N(C)CCN(C)C)cc3)[nH]c3ncc(C(=O)OC(C)C)cc23)cc(F)c1C. The molecule has 4 aromatic rings. The summed E-state index contributed by atoms with van der Waals surface area (Å²) in [6, 6.07) is 13.1. The number of carbonyl (C=O) groups is 2. The van der Waals surface area contributed by atoms with Gasteiger partial charge in [-0.3, -0.25) is 4.79 Å². The lowest BCUT2D eigenvalue weighted by Gasteiger charge is -2.21. The van der Waals surface area contributed by atoms with Crippen molar-refractivity contribution in [2.45, 2.75) is 33.3 Å². The summed E-state index contributed by atoms with van der Waals surface area (Å²) in [6.45, 7) is 10.6. The van der Waals surface area contributed by atoms with Gasteiger partial charge in [0.1, 0.15) is 11.5 Å². The number of benzene rings is 2. The summed E-state index contributed by atoms with van der Waals surface area (Å²) in [4.78, 5) is 37.2. The van der Waals surface area contributed by atoms with Crippen molar-refractivity contribution in [2.75, 3.05) is 39.1 Å². The number of nitrogens with zero attached hydrogens (tertiary/aromatic N) is 3. The lowest BCUT2D eigenvalue weighted by Crippen LogP contribution is -2.28. The predicted octanol–water partition coefficient (Wildman–Crippen LogP) is 6.21. The molecule has 8 heteroatoms.